The van der Waals surface area contributed by atoms with Gasteiger partial charge in [0.15, 0.2) is 5.78 Å². The van der Waals surface area contributed by atoms with Crippen molar-refractivity contribution in [2.75, 3.05) is 13.2 Å². The number of carbonyl (C=O) groups is 2. The molecule has 1 saturated carbocycles. The van der Waals surface area contributed by atoms with E-state index in [1.165, 1.54) is 12.8 Å². The molecule has 5 heteroatoms. The average Bonchev–Trinajstić information content (AvgIpc) is 3.45. The zero-order valence-corrected chi connectivity index (χ0v) is 14.8. The van der Waals surface area contributed by atoms with Crippen LogP contribution in [0.1, 0.15) is 36.5 Å². The van der Waals surface area contributed by atoms with E-state index in [-0.39, 0.29) is 18.8 Å². The average molecular weight is 354 g/mol. The summed E-state index contributed by atoms with van der Waals surface area (Å²) in [5, 5.41) is 0. The van der Waals surface area contributed by atoms with Crippen molar-refractivity contribution in [1.29, 1.82) is 0 Å². The van der Waals surface area contributed by atoms with E-state index in [9.17, 15) is 9.59 Å². The number of esters is 1. The maximum atomic E-state index is 12.0. The molecule has 0 radical (unpaired) electrons. The van der Waals surface area contributed by atoms with E-state index >= 15 is 0 Å². The van der Waals surface area contributed by atoms with E-state index in [0.29, 0.717) is 23.0 Å². The second-order valence-electron chi connectivity index (χ2n) is 6.26. The van der Waals surface area contributed by atoms with Crippen molar-refractivity contribution in [3.8, 4) is 17.2 Å². The first-order chi connectivity index (χ1) is 12.6. The molecule has 1 fully saturated rings. The van der Waals surface area contributed by atoms with Crippen LogP contribution in [0.25, 0.3) is 0 Å². The van der Waals surface area contributed by atoms with Crippen LogP contribution in [-0.4, -0.2) is 25.0 Å². The largest absolute Gasteiger partial charge is 0.493 e. The van der Waals surface area contributed by atoms with Gasteiger partial charge in [-0.1, -0.05) is 6.07 Å². The smallest absolute Gasteiger partial charge is 0.313 e. The van der Waals surface area contributed by atoms with Gasteiger partial charge in [0.25, 0.3) is 0 Å². The highest BCUT2D eigenvalue weighted by Gasteiger charge is 2.21. The van der Waals surface area contributed by atoms with Gasteiger partial charge in [0, 0.05) is 11.6 Å². The molecular formula is C21H22O5. The van der Waals surface area contributed by atoms with Gasteiger partial charge in [0.1, 0.15) is 23.7 Å². The minimum absolute atomic E-state index is 0.256. The summed E-state index contributed by atoms with van der Waals surface area (Å²) in [6.07, 6.45) is 2.24. The van der Waals surface area contributed by atoms with Gasteiger partial charge in [0.05, 0.1) is 13.2 Å². The lowest BCUT2D eigenvalue weighted by atomic mass is 10.1. The molecule has 136 valence electrons. The number of ketones is 1. The second kappa shape index (κ2) is 8.52. The molecule has 3 rings (SSSR count). The fraction of sp³-hybridized carbons (Fsp3) is 0.333. The van der Waals surface area contributed by atoms with E-state index in [2.05, 4.69) is 0 Å². The van der Waals surface area contributed by atoms with E-state index in [4.69, 9.17) is 14.2 Å². The lowest BCUT2D eigenvalue weighted by Crippen LogP contribution is -2.11. The third-order valence-electron chi connectivity index (χ3n) is 4.01. The van der Waals surface area contributed by atoms with Gasteiger partial charge in [-0.15, -0.1) is 0 Å². The maximum absolute atomic E-state index is 12.0. The van der Waals surface area contributed by atoms with Gasteiger partial charge < -0.3 is 14.2 Å². The van der Waals surface area contributed by atoms with Crippen molar-refractivity contribution >= 4 is 11.8 Å². The summed E-state index contributed by atoms with van der Waals surface area (Å²) in [5.74, 6) is 1.97. The quantitative estimate of drug-likeness (QED) is 0.379. The Morgan fingerprint density at radius 1 is 1.00 bits per heavy atom. The first-order valence-corrected chi connectivity index (χ1v) is 8.83. The zero-order valence-electron chi connectivity index (χ0n) is 14.8. The molecule has 0 aliphatic heterocycles. The van der Waals surface area contributed by atoms with Gasteiger partial charge in [-0.25, -0.2) is 0 Å². The van der Waals surface area contributed by atoms with Crippen LogP contribution in [0.3, 0.4) is 0 Å². The van der Waals surface area contributed by atoms with Crippen molar-refractivity contribution < 1.29 is 23.8 Å². The van der Waals surface area contributed by atoms with Crippen LogP contribution in [-0.2, 0) is 9.53 Å². The third kappa shape index (κ3) is 5.34. The lowest BCUT2D eigenvalue weighted by Gasteiger charge is -2.09. The molecule has 0 unspecified atom stereocenters. The number of hydrogen-bond donors (Lipinski definition) is 0. The highest BCUT2D eigenvalue weighted by atomic mass is 16.5. The minimum atomic E-state index is -0.513. The number of Topliss-reactive ketones (excluding diaryl/α,β-unsaturated/α-hetero) is 1. The van der Waals surface area contributed by atoms with Gasteiger partial charge >= 0.3 is 5.97 Å². The normalized spacial score (nSPS) is 13.1. The van der Waals surface area contributed by atoms with Crippen molar-refractivity contribution in [1.82, 2.24) is 0 Å². The second-order valence-corrected chi connectivity index (χ2v) is 6.26. The van der Waals surface area contributed by atoms with Crippen molar-refractivity contribution in [2.24, 2.45) is 5.92 Å². The van der Waals surface area contributed by atoms with Crippen molar-refractivity contribution in [3.05, 3.63) is 54.1 Å². The SMILES string of the molecule is CCOC(=O)CC(=O)c1ccc(Oc2cccc(OCC3CC3)c2)cc1. The van der Waals surface area contributed by atoms with Crippen molar-refractivity contribution in [2.45, 2.75) is 26.2 Å². The van der Waals surface area contributed by atoms with Crippen LogP contribution in [0.4, 0.5) is 0 Å². The summed E-state index contributed by atoms with van der Waals surface area (Å²) < 4.78 is 16.4. The molecule has 0 bridgehead atoms. The summed E-state index contributed by atoms with van der Waals surface area (Å²) in [7, 11) is 0. The Morgan fingerprint density at radius 2 is 1.73 bits per heavy atom. The summed E-state index contributed by atoms with van der Waals surface area (Å²) >= 11 is 0. The van der Waals surface area contributed by atoms with Crippen LogP contribution >= 0.6 is 0 Å². The van der Waals surface area contributed by atoms with Gasteiger partial charge in [0.2, 0.25) is 0 Å². The maximum Gasteiger partial charge on any atom is 0.313 e. The summed E-state index contributed by atoms with van der Waals surface area (Å²) in [5.41, 5.74) is 0.451. The Hall–Kier alpha value is -2.82. The van der Waals surface area contributed by atoms with Gasteiger partial charge in [-0.2, -0.15) is 0 Å². The topological polar surface area (TPSA) is 61.8 Å². The Labute approximate surface area is 152 Å². The molecule has 0 saturated heterocycles. The molecule has 5 nitrogen and oxygen atoms in total. The summed E-state index contributed by atoms with van der Waals surface area (Å²) in [6, 6.07) is 14.2. The molecule has 0 spiro atoms. The Kier molecular flexibility index (Phi) is 5.89. The first kappa shape index (κ1) is 18.0. The predicted molar refractivity (Wildman–Crippen MR) is 96.8 cm³/mol. The molecule has 0 atom stereocenters. The Balaban J connectivity index is 1.57. The molecule has 0 amide bonds. The highest BCUT2D eigenvalue weighted by molar-refractivity contribution is 6.05. The number of carbonyl (C=O) groups excluding carboxylic acids is 2. The number of hydrogen-bond acceptors (Lipinski definition) is 5. The lowest BCUT2D eigenvalue weighted by molar-refractivity contribution is -0.141. The molecule has 1 aliphatic rings. The number of ether oxygens (including phenoxy) is 3. The predicted octanol–water partition coefficient (Wildman–Crippen LogP) is 4.40. The molecular weight excluding hydrogens is 332 g/mol. The van der Waals surface area contributed by atoms with Crippen LogP contribution in [0.2, 0.25) is 0 Å². The fourth-order valence-corrected chi connectivity index (χ4v) is 2.42. The highest BCUT2D eigenvalue weighted by Crippen LogP contribution is 2.31. The zero-order chi connectivity index (χ0) is 18.4. The van der Waals surface area contributed by atoms with Crippen LogP contribution in [0.15, 0.2) is 48.5 Å². The summed E-state index contributed by atoms with van der Waals surface area (Å²) in [6.45, 7) is 2.73. The number of rotatable bonds is 9. The Bertz CT molecular complexity index is 762. The van der Waals surface area contributed by atoms with Crippen LogP contribution in [0.5, 0.6) is 17.2 Å². The standard InChI is InChI=1S/C21H22O5/c1-2-24-21(23)13-20(22)16-8-10-17(11-9-16)26-19-5-3-4-18(12-19)25-14-15-6-7-15/h3-5,8-12,15H,2,6-7,13-14H2,1H3. The minimum Gasteiger partial charge on any atom is -0.493 e. The molecule has 0 aromatic heterocycles. The van der Waals surface area contributed by atoms with Crippen molar-refractivity contribution in [3.63, 3.8) is 0 Å². The molecule has 2 aromatic rings. The van der Waals surface area contributed by atoms with E-state index in [1.54, 1.807) is 31.2 Å². The fourth-order valence-electron chi connectivity index (χ4n) is 2.42. The van der Waals surface area contributed by atoms with Gasteiger partial charge in [-0.3, -0.25) is 9.59 Å². The molecule has 0 N–H and O–H groups in total. The van der Waals surface area contributed by atoms with Gasteiger partial charge in [-0.05, 0) is 62.1 Å². The summed E-state index contributed by atoms with van der Waals surface area (Å²) in [4.78, 5) is 23.4. The molecule has 1 aliphatic carbocycles. The van der Waals surface area contributed by atoms with Crippen LogP contribution in [0, 0.1) is 5.92 Å². The first-order valence-electron chi connectivity index (χ1n) is 8.83. The Morgan fingerprint density at radius 3 is 2.42 bits per heavy atom. The monoisotopic (exact) mass is 354 g/mol. The van der Waals surface area contributed by atoms with Crippen LogP contribution < -0.4 is 9.47 Å². The molecule has 0 heterocycles. The van der Waals surface area contributed by atoms with E-state index in [0.717, 1.165) is 12.4 Å². The van der Waals surface area contributed by atoms with E-state index < -0.39 is 5.97 Å². The molecule has 26 heavy (non-hydrogen) atoms. The third-order valence-corrected chi connectivity index (χ3v) is 4.01. The number of benzene rings is 2. The van der Waals surface area contributed by atoms with E-state index in [1.807, 2.05) is 24.3 Å². The molecule has 2 aromatic carbocycles.